The van der Waals surface area contributed by atoms with E-state index in [1.807, 2.05) is 0 Å². The first kappa shape index (κ1) is 15.8. The van der Waals surface area contributed by atoms with Crippen molar-refractivity contribution in [2.45, 2.75) is 6.42 Å². The fraction of sp³-hybridized carbons (Fsp3) is 0.231. The van der Waals surface area contributed by atoms with Gasteiger partial charge in [-0.15, -0.1) is 0 Å². The molecule has 21 heavy (non-hydrogen) atoms. The van der Waals surface area contributed by atoms with E-state index in [4.69, 9.17) is 28.9 Å². The molecule has 0 aliphatic carbocycles. The summed E-state index contributed by atoms with van der Waals surface area (Å²) in [5.74, 6) is 0.358. The van der Waals surface area contributed by atoms with Crippen LogP contribution in [0.5, 0.6) is 0 Å². The topological polar surface area (TPSA) is 75.9 Å². The van der Waals surface area contributed by atoms with E-state index >= 15 is 0 Å². The second-order valence-corrected chi connectivity index (χ2v) is 5.03. The van der Waals surface area contributed by atoms with E-state index in [-0.39, 0.29) is 5.02 Å². The Kier molecular flexibility index (Phi) is 5.55. The predicted molar refractivity (Wildman–Crippen MR) is 83.9 cm³/mol. The van der Waals surface area contributed by atoms with E-state index < -0.39 is 5.82 Å². The first-order valence-corrected chi connectivity index (χ1v) is 7.04. The molecule has 2 rings (SSSR count). The lowest BCUT2D eigenvalue weighted by atomic mass is 10.3. The highest BCUT2D eigenvalue weighted by Crippen LogP contribution is 2.24. The van der Waals surface area contributed by atoms with Gasteiger partial charge in [-0.2, -0.15) is 4.98 Å². The molecule has 0 spiro atoms. The minimum absolute atomic E-state index is 0.0234. The second kappa shape index (κ2) is 7.40. The number of nitrogens with zero attached hydrogens (tertiary/aromatic N) is 2. The normalized spacial score (nSPS) is 10.5. The minimum atomic E-state index is -0.483. The van der Waals surface area contributed by atoms with Crippen LogP contribution in [0.4, 0.5) is 21.8 Å². The van der Waals surface area contributed by atoms with Gasteiger partial charge in [-0.1, -0.05) is 23.2 Å². The summed E-state index contributed by atoms with van der Waals surface area (Å²) in [6.07, 6.45) is 2.28. The maximum absolute atomic E-state index is 13.1. The molecule has 112 valence electrons. The van der Waals surface area contributed by atoms with Crippen LogP contribution < -0.4 is 16.4 Å². The van der Waals surface area contributed by atoms with Gasteiger partial charge in [0.15, 0.2) is 0 Å². The largest absolute Gasteiger partial charge is 0.369 e. The van der Waals surface area contributed by atoms with Gasteiger partial charge in [-0.25, -0.2) is 9.37 Å². The third-order valence-corrected chi connectivity index (χ3v) is 3.16. The maximum atomic E-state index is 13.1. The number of hydrogen-bond donors (Lipinski definition) is 3. The summed E-state index contributed by atoms with van der Waals surface area (Å²) >= 11 is 11.7. The fourth-order valence-corrected chi connectivity index (χ4v) is 1.90. The molecule has 0 radical (unpaired) electrons. The number of rotatable bonds is 6. The van der Waals surface area contributed by atoms with Gasteiger partial charge in [0.2, 0.25) is 5.95 Å². The molecule has 0 amide bonds. The Balaban J connectivity index is 2.12. The van der Waals surface area contributed by atoms with Gasteiger partial charge in [-0.05, 0) is 31.2 Å². The van der Waals surface area contributed by atoms with E-state index in [0.717, 1.165) is 6.42 Å². The number of benzene rings is 1. The summed E-state index contributed by atoms with van der Waals surface area (Å²) in [5, 5.41) is 6.44. The summed E-state index contributed by atoms with van der Waals surface area (Å²) < 4.78 is 13.1. The van der Waals surface area contributed by atoms with Gasteiger partial charge in [-0.3, -0.25) is 0 Å². The first-order valence-electron chi connectivity index (χ1n) is 6.28. The van der Waals surface area contributed by atoms with Gasteiger partial charge in [0.25, 0.3) is 0 Å². The molecule has 0 fully saturated rings. The molecular weight excluding hydrogens is 316 g/mol. The molecule has 0 aliphatic rings. The lowest BCUT2D eigenvalue weighted by Gasteiger charge is -2.10. The van der Waals surface area contributed by atoms with Crippen molar-refractivity contribution in [3.05, 3.63) is 40.3 Å². The zero-order chi connectivity index (χ0) is 15.2. The molecule has 2 aromatic rings. The highest BCUT2D eigenvalue weighted by atomic mass is 35.5. The van der Waals surface area contributed by atoms with Gasteiger partial charge < -0.3 is 16.4 Å². The average molecular weight is 330 g/mol. The van der Waals surface area contributed by atoms with Crippen molar-refractivity contribution in [2.24, 2.45) is 5.73 Å². The lowest BCUT2D eigenvalue weighted by Crippen LogP contribution is -2.10. The van der Waals surface area contributed by atoms with Crippen LogP contribution in [-0.2, 0) is 0 Å². The van der Waals surface area contributed by atoms with Crippen LogP contribution in [0.25, 0.3) is 0 Å². The first-order chi connectivity index (χ1) is 10.1. The molecule has 0 saturated heterocycles. The van der Waals surface area contributed by atoms with Crippen molar-refractivity contribution >= 4 is 40.7 Å². The number of hydrogen-bond acceptors (Lipinski definition) is 5. The van der Waals surface area contributed by atoms with Crippen molar-refractivity contribution in [3.8, 4) is 0 Å². The van der Waals surface area contributed by atoms with E-state index in [2.05, 4.69) is 20.6 Å². The van der Waals surface area contributed by atoms with Crippen LogP contribution in [0.15, 0.2) is 24.4 Å². The quantitative estimate of drug-likeness (QED) is 0.708. The smallest absolute Gasteiger partial charge is 0.229 e. The SMILES string of the molecule is NCCCNc1nc(Nc2ccc(F)c(Cl)c2)ncc1Cl. The summed E-state index contributed by atoms with van der Waals surface area (Å²) in [7, 11) is 0. The zero-order valence-corrected chi connectivity index (χ0v) is 12.5. The Labute approximate surface area is 131 Å². The van der Waals surface area contributed by atoms with Crippen LogP contribution in [0.3, 0.4) is 0 Å². The van der Waals surface area contributed by atoms with Crippen LogP contribution in [0.2, 0.25) is 10.0 Å². The third-order valence-electron chi connectivity index (χ3n) is 2.59. The van der Waals surface area contributed by atoms with Gasteiger partial charge >= 0.3 is 0 Å². The molecule has 1 heterocycles. The van der Waals surface area contributed by atoms with Gasteiger partial charge in [0, 0.05) is 12.2 Å². The Morgan fingerprint density at radius 2 is 2.05 bits per heavy atom. The molecular formula is C13H14Cl2FN5. The third kappa shape index (κ3) is 4.42. The molecule has 0 bridgehead atoms. The molecule has 0 atom stereocenters. The Morgan fingerprint density at radius 1 is 1.24 bits per heavy atom. The molecule has 0 aliphatic heterocycles. The molecule has 0 saturated carbocycles. The van der Waals surface area contributed by atoms with Crippen molar-refractivity contribution in [3.63, 3.8) is 0 Å². The molecule has 8 heteroatoms. The highest BCUT2D eigenvalue weighted by molar-refractivity contribution is 6.32. The number of nitrogens with one attached hydrogen (secondary N) is 2. The van der Waals surface area contributed by atoms with Crippen LogP contribution >= 0.6 is 23.2 Å². The van der Waals surface area contributed by atoms with E-state index in [1.165, 1.54) is 18.3 Å². The summed E-state index contributed by atoms with van der Waals surface area (Å²) in [6, 6.07) is 4.26. The summed E-state index contributed by atoms with van der Waals surface area (Å²) in [5.41, 5.74) is 6.01. The number of aromatic nitrogens is 2. The van der Waals surface area contributed by atoms with Gasteiger partial charge in [0.1, 0.15) is 16.7 Å². The van der Waals surface area contributed by atoms with Crippen LogP contribution in [-0.4, -0.2) is 23.1 Å². The van der Waals surface area contributed by atoms with Gasteiger partial charge in [0.05, 0.1) is 11.2 Å². The van der Waals surface area contributed by atoms with Crippen LogP contribution in [0.1, 0.15) is 6.42 Å². The van der Waals surface area contributed by atoms with Crippen molar-refractivity contribution in [2.75, 3.05) is 23.7 Å². The standard InChI is InChI=1S/C13H14Cl2FN5/c14-9-6-8(2-3-11(9)16)20-13-19-7-10(15)12(21-13)18-5-1-4-17/h2-3,6-7H,1,4-5,17H2,(H2,18,19,20,21). The Bertz CT molecular complexity index is 624. The number of halogens is 3. The summed E-state index contributed by atoms with van der Waals surface area (Å²) in [6.45, 7) is 1.24. The monoisotopic (exact) mass is 329 g/mol. The van der Waals surface area contributed by atoms with Crippen molar-refractivity contribution in [1.82, 2.24) is 9.97 Å². The van der Waals surface area contributed by atoms with Crippen molar-refractivity contribution < 1.29 is 4.39 Å². The highest BCUT2D eigenvalue weighted by Gasteiger charge is 2.06. The average Bonchev–Trinajstić information content (AvgIpc) is 2.46. The van der Waals surface area contributed by atoms with Crippen LogP contribution in [0, 0.1) is 5.82 Å². The molecule has 1 aromatic heterocycles. The maximum Gasteiger partial charge on any atom is 0.229 e. The van der Waals surface area contributed by atoms with Crippen molar-refractivity contribution in [1.29, 1.82) is 0 Å². The van der Waals surface area contributed by atoms with E-state index in [1.54, 1.807) is 6.07 Å². The molecule has 4 N–H and O–H groups in total. The molecule has 1 aromatic carbocycles. The number of anilines is 3. The minimum Gasteiger partial charge on any atom is -0.369 e. The predicted octanol–water partition coefficient (Wildman–Crippen LogP) is 3.43. The lowest BCUT2D eigenvalue weighted by molar-refractivity contribution is 0.628. The molecule has 5 nitrogen and oxygen atoms in total. The molecule has 0 unspecified atom stereocenters. The van der Waals surface area contributed by atoms with E-state index in [9.17, 15) is 4.39 Å². The summed E-state index contributed by atoms with van der Waals surface area (Å²) in [4.78, 5) is 8.31. The fourth-order valence-electron chi connectivity index (χ4n) is 1.56. The van der Waals surface area contributed by atoms with E-state index in [0.29, 0.717) is 35.6 Å². The second-order valence-electron chi connectivity index (χ2n) is 4.21. The number of nitrogens with two attached hydrogens (primary N) is 1. The Morgan fingerprint density at radius 3 is 2.76 bits per heavy atom. The zero-order valence-electron chi connectivity index (χ0n) is 11.0. The Hall–Kier alpha value is -1.63.